The molecule has 124 valence electrons. The van der Waals surface area contributed by atoms with Gasteiger partial charge >= 0.3 is 0 Å². The molecule has 3 heteroatoms. The lowest BCUT2D eigenvalue weighted by molar-refractivity contribution is -0.0980. The summed E-state index contributed by atoms with van der Waals surface area (Å²) >= 11 is 0. The van der Waals surface area contributed by atoms with Gasteiger partial charge in [0.15, 0.2) is 0 Å². The third kappa shape index (κ3) is 13.6. The van der Waals surface area contributed by atoms with Gasteiger partial charge in [0.25, 0.3) is 0 Å². The predicted molar refractivity (Wildman–Crippen MR) is 93.1 cm³/mol. The van der Waals surface area contributed by atoms with Gasteiger partial charge in [0.05, 0.1) is 24.6 Å². The molecule has 0 N–H and O–H groups in total. The SMILES string of the molecule is C=O.CCCC[P+](CCCC)(CCCC)CCCC.[Br-]. The highest BCUT2D eigenvalue weighted by Crippen LogP contribution is 2.61. The first-order chi connectivity index (χ1) is 9.24. The van der Waals surface area contributed by atoms with Crippen LogP contribution in [0.4, 0.5) is 0 Å². The molecule has 0 radical (unpaired) electrons. The molecule has 0 amide bonds. The Morgan fingerprint density at radius 3 is 0.950 bits per heavy atom. The Morgan fingerprint density at radius 1 is 0.600 bits per heavy atom. The number of hydrogen-bond acceptors (Lipinski definition) is 1. The van der Waals surface area contributed by atoms with Crippen molar-refractivity contribution in [1.29, 1.82) is 0 Å². The third-order valence-corrected chi connectivity index (χ3v) is 9.00. The minimum Gasteiger partial charge on any atom is -1.00 e. The van der Waals surface area contributed by atoms with Crippen molar-refractivity contribution in [2.75, 3.05) is 24.6 Å². The van der Waals surface area contributed by atoms with E-state index in [1.54, 1.807) is 24.6 Å². The van der Waals surface area contributed by atoms with Crippen molar-refractivity contribution in [3.05, 3.63) is 0 Å². The van der Waals surface area contributed by atoms with Crippen LogP contribution in [0.1, 0.15) is 79.1 Å². The molecule has 20 heavy (non-hydrogen) atoms. The summed E-state index contributed by atoms with van der Waals surface area (Å²) in [6.45, 7) is 11.4. The predicted octanol–water partition coefficient (Wildman–Crippen LogP) is 3.02. The number of carbonyl (C=O) groups is 1. The lowest BCUT2D eigenvalue weighted by Gasteiger charge is -2.28. The molecule has 1 nitrogen and oxygen atoms in total. The largest absolute Gasteiger partial charge is 1.00 e. The molecule has 0 saturated heterocycles. The Morgan fingerprint density at radius 2 is 0.800 bits per heavy atom. The van der Waals surface area contributed by atoms with Gasteiger partial charge in [-0.2, -0.15) is 0 Å². The smallest absolute Gasteiger partial charge is 0.106 e. The van der Waals surface area contributed by atoms with E-state index in [2.05, 4.69) is 27.7 Å². The Balaban J connectivity index is -0.000000916. The fourth-order valence-electron chi connectivity index (χ4n) is 2.64. The van der Waals surface area contributed by atoms with E-state index < -0.39 is 7.26 Å². The molecule has 0 aromatic heterocycles. The van der Waals surface area contributed by atoms with Crippen molar-refractivity contribution in [2.45, 2.75) is 79.1 Å². The molecular formula is C17H38BrOP. The van der Waals surface area contributed by atoms with Crippen molar-refractivity contribution in [3.8, 4) is 0 Å². The van der Waals surface area contributed by atoms with Crippen LogP contribution in [0.2, 0.25) is 0 Å². The number of rotatable bonds is 12. The molecule has 0 bridgehead atoms. The maximum Gasteiger partial charge on any atom is 0.106 e. The van der Waals surface area contributed by atoms with Crippen LogP contribution < -0.4 is 17.0 Å². The highest BCUT2D eigenvalue weighted by molar-refractivity contribution is 7.75. The van der Waals surface area contributed by atoms with Gasteiger partial charge in [0.1, 0.15) is 6.79 Å². The molecule has 0 aromatic rings. The van der Waals surface area contributed by atoms with E-state index in [9.17, 15) is 0 Å². The maximum atomic E-state index is 8.00. The van der Waals surface area contributed by atoms with Gasteiger partial charge in [0, 0.05) is 7.26 Å². The minimum atomic E-state index is -0.562. The summed E-state index contributed by atoms with van der Waals surface area (Å²) in [4.78, 5) is 8.00. The first kappa shape index (κ1) is 25.5. The fraction of sp³-hybridized carbons (Fsp3) is 0.941. The average molecular weight is 369 g/mol. The van der Waals surface area contributed by atoms with Crippen LogP contribution >= 0.6 is 7.26 Å². The van der Waals surface area contributed by atoms with Gasteiger partial charge in [-0.3, -0.25) is 0 Å². The van der Waals surface area contributed by atoms with Gasteiger partial charge < -0.3 is 21.8 Å². The molecular weight excluding hydrogens is 331 g/mol. The van der Waals surface area contributed by atoms with Crippen molar-refractivity contribution >= 4 is 14.1 Å². The van der Waals surface area contributed by atoms with E-state index in [-0.39, 0.29) is 17.0 Å². The molecule has 0 fully saturated rings. The molecule has 0 rings (SSSR count). The highest BCUT2D eigenvalue weighted by Gasteiger charge is 2.34. The van der Waals surface area contributed by atoms with Crippen LogP contribution in [-0.4, -0.2) is 31.4 Å². The van der Waals surface area contributed by atoms with Crippen LogP contribution in [0.15, 0.2) is 0 Å². The second-order valence-corrected chi connectivity index (χ2v) is 10.1. The van der Waals surface area contributed by atoms with Gasteiger partial charge in [-0.05, 0) is 25.7 Å². The standard InChI is InChI=1S/C16H36P.CH2O.BrH/c1-5-9-13-17(14-10-6-2,15-11-7-3)16-12-8-4;1-2;/h5-16H2,1-4H3;1H2;1H/q+1;;/p-1. The van der Waals surface area contributed by atoms with E-state index in [0.29, 0.717) is 0 Å². The van der Waals surface area contributed by atoms with E-state index in [1.807, 2.05) is 6.79 Å². The zero-order chi connectivity index (χ0) is 15.0. The number of halogens is 1. The summed E-state index contributed by atoms with van der Waals surface area (Å²) < 4.78 is 0. The summed E-state index contributed by atoms with van der Waals surface area (Å²) in [5.41, 5.74) is 0. The molecule has 0 unspecified atom stereocenters. The summed E-state index contributed by atoms with van der Waals surface area (Å²) in [5, 5.41) is 0. The first-order valence-corrected chi connectivity index (χ1v) is 10.9. The number of unbranched alkanes of at least 4 members (excludes halogenated alkanes) is 4. The summed E-state index contributed by atoms with van der Waals surface area (Å²) in [6, 6.07) is 0. The highest BCUT2D eigenvalue weighted by atomic mass is 79.9. The normalized spacial score (nSPS) is 10.4. The zero-order valence-corrected chi connectivity index (χ0v) is 16.9. The van der Waals surface area contributed by atoms with Gasteiger partial charge in [-0.1, -0.05) is 53.4 Å². The van der Waals surface area contributed by atoms with Gasteiger partial charge in [-0.15, -0.1) is 0 Å². The van der Waals surface area contributed by atoms with Gasteiger partial charge in [0.2, 0.25) is 0 Å². The van der Waals surface area contributed by atoms with Gasteiger partial charge in [-0.25, -0.2) is 0 Å². The fourth-order valence-corrected chi connectivity index (χ4v) is 7.93. The van der Waals surface area contributed by atoms with Crippen LogP contribution in [0.25, 0.3) is 0 Å². The molecule has 0 saturated carbocycles. The molecule has 0 aliphatic carbocycles. The van der Waals surface area contributed by atoms with E-state index in [4.69, 9.17) is 4.79 Å². The van der Waals surface area contributed by atoms with Crippen molar-refractivity contribution in [3.63, 3.8) is 0 Å². The maximum absolute atomic E-state index is 8.00. The first-order valence-electron chi connectivity index (χ1n) is 8.38. The zero-order valence-electron chi connectivity index (χ0n) is 14.4. The second kappa shape index (κ2) is 19.6. The van der Waals surface area contributed by atoms with Crippen LogP contribution in [0.3, 0.4) is 0 Å². The monoisotopic (exact) mass is 368 g/mol. The van der Waals surface area contributed by atoms with E-state index in [0.717, 1.165) is 0 Å². The summed E-state index contributed by atoms with van der Waals surface area (Å²) in [7, 11) is -0.562. The topological polar surface area (TPSA) is 17.1 Å². The average Bonchev–Trinajstić information content (AvgIpc) is 2.48. The van der Waals surface area contributed by atoms with Crippen LogP contribution in [-0.2, 0) is 4.79 Å². The van der Waals surface area contributed by atoms with Crippen molar-refractivity contribution in [1.82, 2.24) is 0 Å². The number of hydrogen-bond donors (Lipinski definition) is 0. The Kier molecular flexibility index (Phi) is 25.0. The molecule has 0 aromatic carbocycles. The lowest BCUT2D eigenvalue weighted by atomic mass is 10.4. The molecule has 0 spiro atoms. The summed E-state index contributed by atoms with van der Waals surface area (Å²) in [5.74, 6) is 0. The second-order valence-electron chi connectivity index (χ2n) is 5.65. The molecule has 0 aliphatic heterocycles. The number of carbonyl (C=O) groups excluding carboxylic acids is 1. The van der Waals surface area contributed by atoms with Crippen LogP contribution in [0.5, 0.6) is 0 Å². The summed E-state index contributed by atoms with van der Waals surface area (Å²) in [6.07, 6.45) is 17.9. The third-order valence-electron chi connectivity index (χ3n) is 3.94. The molecule has 0 atom stereocenters. The van der Waals surface area contributed by atoms with E-state index >= 15 is 0 Å². The van der Waals surface area contributed by atoms with Crippen LogP contribution in [0, 0.1) is 0 Å². The Bertz CT molecular complexity index is 139. The van der Waals surface area contributed by atoms with Crippen molar-refractivity contribution < 1.29 is 21.8 Å². The van der Waals surface area contributed by atoms with Crippen molar-refractivity contribution in [2.24, 2.45) is 0 Å². The Hall–Kier alpha value is 0.580. The lowest BCUT2D eigenvalue weighted by Crippen LogP contribution is -3.00. The molecule has 0 aliphatic rings. The Labute approximate surface area is 139 Å². The molecule has 0 heterocycles. The van der Waals surface area contributed by atoms with E-state index in [1.165, 1.54) is 51.4 Å². The minimum absolute atomic E-state index is 0. The quantitative estimate of drug-likeness (QED) is 0.484.